The minimum Gasteiger partial charge on any atom is -0.288 e. The molecule has 0 bridgehead atoms. The summed E-state index contributed by atoms with van der Waals surface area (Å²) in [5, 5.41) is 11.1. The lowest BCUT2D eigenvalue weighted by atomic mass is 10.0. The molecule has 25 heavy (non-hydrogen) atoms. The molecule has 0 aliphatic heterocycles. The lowest BCUT2D eigenvalue weighted by molar-refractivity contribution is 1.19. The Labute approximate surface area is 153 Å². The molecule has 6 heteroatoms. The molecule has 4 aromatic rings. The average molecular weight is 365 g/mol. The molecular weight excluding hydrogens is 352 g/mol. The van der Waals surface area contributed by atoms with E-state index in [-0.39, 0.29) is 0 Å². The van der Waals surface area contributed by atoms with Gasteiger partial charge in [0.25, 0.3) is 0 Å². The maximum atomic E-state index is 6.19. The van der Waals surface area contributed by atoms with Gasteiger partial charge in [0.1, 0.15) is 11.4 Å². The molecule has 0 amide bonds. The van der Waals surface area contributed by atoms with Gasteiger partial charge >= 0.3 is 0 Å². The Morgan fingerprint density at radius 2 is 1.64 bits per heavy atom. The molecule has 4 rings (SSSR count). The summed E-state index contributed by atoms with van der Waals surface area (Å²) in [6, 6.07) is 20.0. The molecule has 0 saturated heterocycles. The highest BCUT2D eigenvalue weighted by atomic mass is 35.5. The van der Waals surface area contributed by atoms with E-state index >= 15 is 0 Å². The van der Waals surface area contributed by atoms with E-state index in [2.05, 4.69) is 15.2 Å². The normalized spacial score (nSPS) is 11.2. The summed E-state index contributed by atoms with van der Waals surface area (Å²) in [6.45, 7) is 0. The van der Waals surface area contributed by atoms with Crippen molar-refractivity contribution in [2.24, 2.45) is 10.2 Å². The van der Waals surface area contributed by atoms with Gasteiger partial charge in [0.05, 0.1) is 6.21 Å². The maximum absolute atomic E-state index is 6.19. The van der Waals surface area contributed by atoms with Crippen molar-refractivity contribution in [3.63, 3.8) is 0 Å². The third-order valence-corrected chi connectivity index (χ3v) is 4.72. The molecule has 0 fully saturated rings. The Morgan fingerprint density at radius 1 is 1.00 bits per heavy atom. The van der Waals surface area contributed by atoms with E-state index in [1.165, 1.54) is 11.3 Å². The third-order valence-electron chi connectivity index (χ3n) is 3.69. The quantitative estimate of drug-likeness (QED) is 0.374. The molecule has 122 valence electrons. The van der Waals surface area contributed by atoms with Crippen LogP contribution in [0.2, 0.25) is 5.15 Å². The van der Waals surface area contributed by atoms with Crippen LogP contribution in [0, 0.1) is 0 Å². The number of fused-ring (bicyclic) bond motifs is 1. The molecule has 0 N–H and O–H groups in total. The van der Waals surface area contributed by atoms with E-state index in [1.54, 1.807) is 6.21 Å². The lowest BCUT2D eigenvalue weighted by Crippen LogP contribution is -2.02. The van der Waals surface area contributed by atoms with Crippen molar-refractivity contribution in [1.82, 2.24) is 9.38 Å². The van der Waals surface area contributed by atoms with E-state index < -0.39 is 0 Å². The zero-order chi connectivity index (χ0) is 17.1. The molecule has 0 unspecified atom stereocenters. The summed E-state index contributed by atoms with van der Waals surface area (Å²) >= 11 is 7.72. The molecule has 0 radical (unpaired) electrons. The van der Waals surface area contributed by atoms with Crippen molar-refractivity contribution in [3.8, 4) is 0 Å². The Hall–Kier alpha value is -2.76. The Balaban J connectivity index is 1.75. The monoisotopic (exact) mass is 364 g/mol. The molecule has 0 aliphatic carbocycles. The van der Waals surface area contributed by atoms with Gasteiger partial charge in [-0.1, -0.05) is 72.3 Å². The first kappa shape index (κ1) is 15.7. The van der Waals surface area contributed by atoms with Crippen molar-refractivity contribution < 1.29 is 0 Å². The minimum absolute atomic E-state index is 0.423. The summed E-state index contributed by atoms with van der Waals surface area (Å²) in [5.41, 5.74) is 3.54. The van der Waals surface area contributed by atoms with Crippen LogP contribution < -0.4 is 0 Å². The van der Waals surface area contributed by atoms with Gasteiger partial charge < -0.3 is 0 Å². The Morgan fingerprint density at radius 3 is 2.28 bits per heavy atom. The van der Waals surface area contributed by atoms with Gasteiger partial charge in [0.2, 0.25) is 0 Å². The van der Waals surface area contributed by atoms with Crippen LogP contribution in [0.5, 0.6) is 0 Å². The number of halogens is 1. The smallest absolute Gasteiger partial charge is 0.195 e. The number of rotatable bonds is 4. The number of hydrogen-bond donors (Lipinski definition) is 0. The first-order chi connectivity index (χ1) is 12.3. The zero-order valence-corrected chi connectivity index (χ0v) is 14.7. The number of nitrogens with zero attached hydrogens (tertiary/aromatic N) is 4. The number of thiazole rings is 1. The third kappa shape index (κ3) is 3.24. The second kappa shape index (κ2) is 7.01. The lowest BCUT2D eigenvalue weighted by Gasteiger charge is -2.04. The predicted octanol–water partition coefficient (Wildman–Crippen LogP) is 4.92. The van der Waals surface area contributed by atoms with Crippen LogP contribution in [0.1, 0.15) is 16.8 Å². The molecule has 0 spiro atoms. The van der Waals surface area contributed by atoms with Crippen molar-refractivity contribution in [2.45, 2.75) is 0 Å². The molecule has 2 aromatic heterocycles. The van der Waals surface area contributed by atoms with E-state index in [1.807, 2.05) is 76.6 Å². The standard InChI is InChI=1S/C19H13ClN4S/c20-18-16(24-11-12-25-19(24)22-18)13-21-23-17(14-7-3-1-4-8-14)15-9-5-2-6-10-15/h1-13H/b21-13-. The molecule has 2 heterocycles. The van der Waals surface area contributed by atoms with E-state index in [0.29, 0.717) is 5.15 Å². The first-order valence-corrected chi connectivity index (χ1v) is 8.91. The zero-order valence-electron chi connectivity index (χ0n) is 13.1. The molecule has 0 saturated carbocycles. The van der Waals surface area contributed by atoms with E-state index in [4.69, 9.17) is 11.6 Å². The maximum Gasteiger partial charge on any atom is 0.195 e. The number of hydrogen-bond acceptors (Lipinski definition) is 4. The summed E-state index contributed by atoms with van der Waals surface area (Å²) in [7, 11) is 0. The van der Waals surface area contributed by atoms with Crippen molar-refractivity contribution in [1.29, 1.82) is 0 Å². The van der Waals surface area contributed by atoms with Crippen molar-refractivity contribution in [2.75, 3.05) is 0 Å². The Bertz CT molecular complexity index is 1010. The highest BCUT2D eigenvalue weighted by Gasteiger charge is 2.09. The Kier molecular flexibility index (Phi) is 4.41. The average Bonchev–Trinajstić information content (AvgIpc) is 3.22. The van der Waals surface area contributed by atoms with Crippen LogP contribution in [-0.4, -0.2) is 21.3 Å². The second-order valence-electron chi connectivity index (χ2n) is 5.27. The highest BCUT2D eigenvalue weighted by molar-refractivity contribution is 7.15. The summed E-state index contributed by atoms with van der Waals surface area (Å²) < 4.78 is 1.90. The van der Waals surface area contributed by atoms with Gasteiger partial charge in [0.15, 0.2) is 10.1 Å². The highest BCUT2D eigenvalue weighted by Crippen LogP contribution is 2.20. The summed E-state index contributed by atoms with van der Waals surface area (Å²) in [6.07, 6.45) is 3.56. The van der Waals surface area contributed by atoms with Crippen molar-refractivity contribution in [3.05, 3.63) is 94.2 Å². The topological polar surface area (TPSA) is 42.0 Å². The van der Waals surface area contributed by atoms with Crippen LogP contribution in [0.3, 0.4) is 0 Å². The SMILES string of the molecule is Clc1nc2sccn2c1/C=N\N=C(c1ccccc1)c1ccccc1. The number of imidazole rings is 1. The fourth-order valence-electron chi connectivity index (χ4n) is 2.51. The van der Waals surface area contributed by atoms with E-state index in [0.717, 1.165) is 27.5 Å². The minimum atomic E-state index is 0.423. The van der Waals surface area contributed by atoms with Gasteiger partial charge in [-0.2, -0.15) is 5.10 Å². The van der Waals surface area contributed by atoms with Crippen LogP contribution in [-0.2, 0) is 0 Å². The van der Waals surface area contributed by atoms with Gasteiger partial charge in [-0.05, 0) is 0 Å². The molecule has 0 aliphatic rings. The van der Waals surface area contributed by atoms with Crippen LogP contribution in [0.4, 0.5) is 0 Å². The van der Waals surface area contributed by atoms with Crippen LogP contribution >= 0.6 is 22.9 Å². The van der Waals surface area contributed by atoms with E-state index in [9.17, 15) is 0 Å². The summed E-state index contributed by atoms with van der Waals surface area (Å²) in [4.78, 5) is 5.13. The van der Waals surface area contributed by atoms with Gasteiger partial charge in [-0.3, -0.25) is 4.40 Å². The second-order valence-corrected chi connectivity index (χ2v) is 6.50. The molecule has 2 aromatic carbocycles. The fourth-order valence-corrected chi connectivity index (χ4v) is 3.50. The number of benzene rings is 2. The molecular formula is C19H13ClN4S. The van der Waals surface area contributed by atoms with Gasteiger partial charge in [0, 0.05) is 22.7 Å². The van der Waals surface area contributed by atoms with Gasteiger partial charge in [-0.25, -0.2) is 4.98 Å². The summed E-state index contributed by atoms with van der Waals surface area (Å²) in [5.74, 6) is 0. The molecule has 4 nitrogen and oxygen atoms in total. The van der Waals surface area contributed by atoms with Crippen LogP contribution in [0.15, 0.2) is 82.4 Å². The molecule has 0 atom stereocenters. The number of aromatic nitrogens is 2. The van der Waals surface area contributed by atoms with Crippen molar-refractivity contribution >= 4 is 39.8 Å². The fraction of sp³-hybridized carbons (Fsp3) is 0. The van der Waals surface area contributed by atoms with Gasteiger partial charge in [-0.15, -0.1) is 16.4 Å². The first-order valence-electron chi connectivity index (χ1n) is 7.66. The van der Waals surface area contributed by atoms with Crippen LogP contribution in [0.25, 0.3) is 4.96 Å². The predicted molar refractivity (Wildman–Crippen MR) is 104 cm³/mol. The largest absolute Gasteiger partial charge is 0.288 e.